The van der Waals surface area contributed by atoms with Crippen LogP contribution >= 0.6 is 11.6 Å². The Morgan fingerprint density at radius 2 is 1.75 bits per heavy atom. The number of halogens is 1. The van der Waals surface area contributed by atoms with Crippen LogP contribution < -0.4 is 5.32 Å². The molecule has 2 aromatic carbocycles. The number of hydrogen-bond acceptors (Lipinski definition) is 2. The quantitative estimate of drug-likeness (QED) is 0.769. The van der Waals surface area contributed by atoms with E-state index in [2.05, 4.69) is 10.4 Å². The fourth-order valence-electron chi connectivity index (χ4n) is 2.41. The van der Waals surface area contributed by atoms with Gasteiger partial charge in [-0.05, 0) is 44.2 Å². The zero-order chi connectivity index (χ0) is 17.1. The van der Waals surface area contributed by atoms with Gasteiger partial charge in [-0.1, -0.05) is 41.9 Å². The van der Waals surface area contributed by atoms with Crippen LogP contribution in [-0.2, 0) is 0 Å². The van der Waals surface area contributed by atoms with Crippen LogP contribution in [0.3, 0.4) is 0 Å². The molecule has 0 bridgehead atoms. The van der Waals surface area contributed by atoms with Gasteiger partial charge in [-0.15, -0.1) is 0 Å². The van der Waals surface area contributed by atoms with Gasteiger partial charge < -0.3 is 5.32 Å². The van der Waals surface area contributed by atoms with Gasteiger partial charge in [0.1, 0.15) is 5.69 Å². The normalized spacial score (nSPS) is 10.8. The largest absolute Gasteiger partial charge is 0.349 e. The van der Waals surface area contributed by atoms with Crippen LogP contribution in [-0.4, -0.2) is 21.7 Å². The standard InChI is InChI=1S/C19H18ClN3O/c1-13(2)21-19(24)18-12-17(14-8-10-15(20)11-9-14)22-23(18)16-6-4-3-5-7-16/h3-13H,1-2H3,(H,21,24). The van der Waals surface area contributed by atoms with Gasteiger partial charge in [-0.2, -0.15) is 5.10 Å². The molecule has 4 nitrogen and oxygen atoms in total. The number of nitrogens with one attached hydrogen (secondary N) is 1. The molecule has 0 radical (unpaired) electrons. The molecule has 3 aromatic rings. The third-order valence-electron chi connectivity index (χ3n) is 3.50. The van der Waals surface area contributed by atoms with Crippen LogP contribution in [0.4, 0.5) is 0 Å². The summed E-state index contributed by atoms with van der Waals surface area (Å²) in [5, 5.41) is 8.21. The second-order valence-electron chi connectivity index (χ2n) is 5.80. The molecule has 0 aliphatic heterocycles. The zero-order valence-corrected chi connectivity index (χ0v) is 14.3. The molecule has 0 aliphatic rings. The minimum absolute atomic E-state index is 0.0515. The Morgan fingerprint density at radius 3 is 2.38 bits per heavy atom. The van der Waals surface area contributed by atoms with Gasteiger partial charge in [-0.3, -0.25) is 4.79 Å². The molecule has 0 saturated carbocycles. The first-order chi connectivity index (χ1) is 11.5. The molecule has 122 valence electrons. The molecule has 5 heteroatoms. The van der Waals surface area contributed by atoms with E-state index in [0.717, 1.165) is 16.9 Å². The number of hydrogen-bond donors (Lipinski definition) is 1. The molecule has 0 aliphatic carbocycles. The summed E-state index contributed by atoms with van der Waals surface area (Å²) < 4.78 is 1.67. The molecule has 0 fully saturated rings. The number of carbonyl (C=O) groups is 1. The SMILES string of the molecule is CC(C)NC(=O)c1cc(-c2ccc(Cl)cc2)nn1-c1ccccc1. The molecular weight excluding hydrogens is 322 g/mol. The van der Waals surface area contributed by atoms with Gasteiger partial charge in [0.15, 0.2) is 0 Å². The average molecular weight is 340 g/mol. The highest BCUT2D eigenvalue weighted by molar-refractivity contribution is 6.30. The molecule has 0 atom stereocenters. The lowest BCUT2D eigenvalue weighted by Crippen LogP contribution is -2.31. The number of rotatable bonds is 4. The molecule has 3 rings (SSSR count). The predicted octanol–water partition coefficient (Wildman–Crippen LogP) is 4.33. The Morgan fingerprint density at radius 1 is 1.08 bits per heavy atom. The van der Waals surface area contributed by atoms with Crippen molar-refractivity contribution in [1.82, 2.24) is 15.1 Å². The van der Waals surface area contributed by atoms with E-state index >= 15 is 0 Å². The Balaban J connectivity index is 2.08. The first kappa shape index (κ1) is 16.3. The summed E-state index contributed by atoms with van der Waals surface area (Å²) in [5.41, 5.74) is 2.98. The van der Waals surface area contributed by atoms with Crippen LogP contribution in [0.15, 0.2) is 60.7 Å². The number of nitrogens with zero attached hydrogens (tertiary/aromatic N) is 2. The number of para-hydroxylation sites is 1. The van der Waals surface area contributed by atoms with Gasteiger partial charge >= 0.3 is 0 Å². The van der Waals surface area contributed by atoms with Crippen molar-refractivity contribution in [2.24, 2.45) is 0 Å². The Labute approximate surface area is 146 Å². The van der Waals surface area contributed by atoms with Gasteiger partial charge in [0.2, 0.25) is 0 Å². The lowest BCUT2D eigenvalue weighted by atomic mass is 10.1. The fourth-order valence-corrected chi connectivity index (χ4v) is 2.53. The zero-order valence-electron chi connectivity index (χ0n) is 13.5. The third kappa shape index (κ3) is 3.49. The van der Waals surface area contributed by atoms with Gasteiger partial charge in [0.25, 0.3) is 5.91 Å². The van der Waals surface area contributed by atoms with Crippen LogP contribution in [0.25, 0.3) is 16.9 Å². The average Bonchev–Trinajstić information content (AvgIpc) is 3.01. The van der Waals surface area contributed by atoms with E-state index in [0.29, 0.717) is 10.7 Å². The topological polar surface area (TPSA) is 46.9 Å². The summed E-state index contributed by atoms with van der Waals surface area (Å²) in [5.74, 6) is -0.151. The van der Waals surface area contributed by atoms with Crippen molar-refractivity contribution < 1.29 is 4.79 Å². The number of amides is 1. The van der Waals surface area contributed by atoms with E-state index in [-0.39, 0.29) is 11.9 Å². The maximum Gasteiger partial charge on any atom is 0.270 e. The minimum atomic E-state index is -0.151. The lowest BCUT2D eigenvalue weighted by Gasteiger charge is -2.10. The van der Waals surface area contributed by atoms with Crippen molar-refractivity contribution >= 4 is 17.5 Å². The monoisotopic (exact) mass is 339 g/mol. The highest BCUT2D eigenvalue weighted by Gasteiger charge is 2.18. The molecule has 0 unspecified atom stereocenters. The predicted molar refractivity (Wildman–Crippen MR) is 96.6 cm³/mol. The molecule has 1 aromatic heterocycles. The van der Waals surface area contributed by atoms with E-state index in [1.54, 1.807) is 10.7 Å². The van der Waals surface area contributed by atoms with Crippen molar-refractivity contribution in [3.05, 3.63) is 71.4 Å². The van der Waals surface area contributed by atoms with Crippen LogP contribution in [0.2, 0.25) is 5.02 Å². The first-order valence-electron chi connectivity index (χ1n) is 7.77. The molecule has 1 heterocycles. The lowest BCUT2D eigenvalue weighted by molar-refractivity contribution is 0.0935. The Kier molecular flexibility index (Phi) is 4.67. The molecule has 0 spiro atoms. The van der Waals surface area contributed by atoms with Crippen LogP contribution in [0.5, 0.6) is 0 Å². The number of carbonyl (C=O) groups excluding carboxylic acids is 1. The molecule has 1 N–H and O–H groups in total. The highest BCUT2D eigenvalue weighted by atomic mass is 35.5. The van der Waals surface area contributed by atoms with E-state index in [1.807, 2.05) is 68.4 Å². The van der Waals surface area contributed by atoms with Crippen molar-refractivity contribution in [1.29, 1.82) is 0 Å². The maximum absolute atomic E-state index is 12.6. The summed E-state index contributed by atoms with van der Waals surface area (Å²) in [6.07, 6.45) is 0. The smallest absolute Gasteiger partial charge is 0.270 e. The van der Waals surface area contributed by atoms with E-state index < -0.39 is 0 Å². The van der Waals surface area contributed by atoms with Crippen LogP contribution in [0, 0.1) is 0 Å². The van der Waals surface area contributed by atoms with Gasteiger partial charge in [0.05, 0.1) is 11.4 Å². The number of aromatic nitrogens is 2. The summed E-state index contributed by atoms with van der Waals surface area (Å²) in [6, 6.07) is 18.9. The van der Waals surface area contributed by atoms with E-state index in [4.69, 9.17) is 11.6 Å². The summed E-state index contributed by atoms with van der Waals surface area (Å²) in [6.45, 7) is 3.86. The summed E-state index contributed by atoms with van der Waals surface area (Å²) in [4.78, 5) is 12.6. The maximum atomic E-state index is 12.6. The minimum Gasteiger partial charge on any atom is -0.349 e. The molecule has 1 amide bonds. The Bertz CT molecular complexity index is 839. The van der Waals surface area contributed by atoms with Gasteiger partial charge in [-0.25, -0.2) is 4.68 Å². The summed E-state index contributed by atoms with van der Waals surface area (Å²) >= 11 is 5.95. The second kappa shape index (κ2) is 6.89. The van der Waals surface area contributed by atoms with Crippen molar-refractivity contribution in [3.8, 4) is 16.9 Å². The van der Waals surface area contributed by atoms with Crippen molar-refractivity contribution in [3.63, 3.8) is 0 Å². The van der Waals surface area contributed by atoms with Crippen molar-refractivity contribution in [2.45, 2.75) is 19.9 Å². The first-order valence-corrected chi connectivity index (χ1v) is 8.14. The fraction of sp³-hybridized carbons (Fsp3) is 0.158. The van der Waals surface area contributed by atoms with E-state index in [9.17, 15) is 4.79 Å². The third-order valence-corrected chi connectivity index (χ3v) is 3.75. The second-order valence-corrected chi connectivity index (χ2v) is 6.23. The van der Waals surface area contributed by atoms with Crippen LogP contribution in [0.1, 0.15) is 24.3 Å². The molecule has 0 saturated heterocycles. The number of benzene rings is 2. The molecule has 24 heavy (non-hydrogen) atoms. The Hall–Kier alpha value is -2.59. The summed E-state index contributed by atoms with van der Waals surface area (Å²) in [7, 11) is 0. The van der Waals surface area contributed by atoms with Gasteiger partial charge in [0, 0.05) is 16.6 Å². The highest BCUT2D eigenvalue weighted by Crippen LogP contribution is 2.23. The van der Waals surface area contributed by atoms with Crippen molar-refractivity contribution in [2.75, 3.05) is 0 Å². The molecular formula is C19H18ClN3O. The van der Waals surface area contributed by atoms with E-state index in [1.165, 1.54) is 0 Å².